The van der Waals surface area contributed by atoms with Crippen LogP contribution < -0.4 is 5.32 Å². The molecule has 4 aromatic rings. The Labute approximate surface area is 175 Å². The van der Waals surface area contributed by atoms with E-state index in [1.165, 1.54) is 0 Å². The van der Waals surface area contributed by atoms with Crippen LogP contribution in [0, 0.1) is 0 Å². The molecule has 0 aliphatic carbocycles. The largest absolute Gasteiger partial charge is 0.449 e. The topological polar surface area (TPSA) is 55.4 Å². The standard InChI is InChI=1S/C26H21NO3/c1-18(30-26(29)23-16-9-13-19-12-5-6-14-21(19)23)25(28)27-24-17-8-7-15-22(24)20-10-3-2-4-11-20/h2-18H,1H3,(H,27,28)/t18-/m0/s1. The Morgan fingerprint density at radius 1 is 0.767 bits per heavy atom. The van der Waals surface area contributed by atoms with Crippen molar-refractivity contribution >= 4 is 28.3 Å². The van der Waals surface area contributed by atoms with Crippen molar-refractivity contribution in [2.75, 3.05) is 5.32 Å². The molecule has 0 unspecified atom stereocenters. The van der Waals surface area contributed by atoms with Crippen molar-refractivity contribution in [3.05, 3.63) is 103 Å². The van der Waals surface area contributed by atoms with Crippen LogP contribution in [0.25, 0.3) is 21.9 Å². The maximum Gasteiger partial charge on any atom is 0.339 e. The summed E-state index contributed by atoms with van der Waals surface area (Å²) in [5.74, 6) is -0.905. The summed E-state index contributed by atoms with van der Waals surface area (Å²) in [5.41, 5.74) is 3.01. The van der Waals surface area contributed by atoms with E-state index in [0.717, 1.165) is 21.9 Å². The Hall–Kier alpha value is -3.92. The number of ether oxygens (including phenoxy) is 1. The molecule has 1 N–H and O–H groups in total. The van der Waals surface area contributed by atoms with Gasteiger partial charge in [0, 0.05) is 11.3 Å². The number of benzene rings is 4. The van der Waals surface area contributed by atoms with Gasteiger partial charge in [0.05, 0.1) is 5.56 Å². The van der Waals surface area contributed by atoms with Crippen LogP contribution in [0.4, 0.5) is 5.69 Å². The van der Waals surface area contributed by atoms with Gasteiger partial charge in [-0.25, -0.2) is 4.79 Å². The summed E-state index contributed by atoms with van der Waals surface area (Å²) >= 11 is 0. The first-order chi connectivity index (χ1) is 14.6. The molecule has 0 radical (unpaired) electrons. The van der Waals surface area contributed by atoms with E-state index in [1.54, 1.807) is 19.1 Å². The lowest BCUT2D eigenvalue weighted by atomic mass is 10.0. The predicted octanol–water partition coefficient (Wildman–Crippen LogP) is 5.69. The zero-order valence-corrected chi connectivity index (χ0v) is 16.5. The zero-order valence-electron chi connectivity index (χ0n) is 16.5. The van der Waals surface area contributed by atoms with E-state index >= 15 is 0 Å². The van der Waals surface area contributed by atoms with E-state index in [4.69, 9.17) is 4.74 Å². The lowest BCUT2D eigenvalue weighted by Gasteiger charge is -2.16. The minimum atomic E-state index is -0.944. The molecular weight excluding hydrogens is 374 g/mol. The lowest BCUT2D eigenvalue weighted by Crippen LogP contribution is -2.30. The first-order valence-electron chi connectivity index (χ1n) is 9.77. The minimum Gasteiger partial charge on any atom is -0.449 e. The molecule has 0 spiro atoms. The third-order valence-electron chi connectivity index (χ3n) is 4.93. The fraction of sp³-hybridized carbons (Fsp3) is 0.0769. The average Bonchev–Trinajstić information content (AvgIpc) is 2.79. The van der Waals surface area contributed by atoms with E-state index in [2.05, 4.69) is 5.32 Å². The van der Waals surface area contributed by atoms with E-state index in [1.807, 2.05) is 84.9 Å². The SMILES string of the molecule is C[C@H](OC(=O)c1cccc2ccccc12)C(=O)Nc1ccccc1-c1ccccc1. The fourth-order valence-electron chi connectivity index (χ4n) is 3.38. The highest BCUT2D eigenvalue weighted by molar-refractivity contribution is 6.06. The third-order valence-corrected chi connectivity index (χ3v) is 4.93. The molecular formula is C26H21NO3. The molecule has 4 heteroatoms. The highest BCUT2D eigenvalue weighted by Crippen LogP contribution is 2.28. The highest BCUT2D eigenvalue weighted by atomic mass is 16.5. The van der Waals surface area contributed by atoms with Gasteiger partial charge in [-0.2, -0.15) is 0 Å². The summed E-state index contributed by atoms with van der Waals surface area (Å²) < 4.78 is 5.47. The van der Waals surface area contributed by atoms with Gasteiger partial charge in [-0.05, 0) is 35.4 Å². The molecule has 0 aliphatic heterocycles. The normalized spacial score (nSPS) is 11.6. The van der Waals surface area contributed by atoms with Crippen LogP contribution in [0.2, 0.25) is 0 Å². The van der Waals surface area contributed by atoms with Gasteiger partial charge in [0.2, 0.25) is 0 Å². The number of esters is 1. The first kappa shape index (κ1) is 19.4. The molecule has 0 saturated carbocycles. The van der Waals surface area contributed by atoms with Crippen LogP contribution in [0.15, 0.2) is 97.1 Å². The number of nitrogens with one attached hydrogen (secondary N) is 1. The van der Waals surface area contributed by atoms with Crippen LogP contribution in [-0.4, -0.2) is 18.0 Å². The van der Waals surface area contributed by atoms with Gasteiger partial charge in [-0.15, -0.1) is 0 Å². The molecule has 4 aromatic carbocycles. The zero-order chi connectivity index (χ0) is 20.9. The molecule has 0 aromatic heterocycles. The van der Waals surface area contributed by atoms with Crippen molar-refractivity contribution in [1.82, 2.24) is 0 Å². The van der Waals surface area contributed by atoms with E-state index in [0.29, 0.717) is 11.3 Å². The molecule has 0 bridgehead atoms. The highest BCUT2D eigenvalue weighted by Gasteiger charge is 2.21. The Balaban J connectivity index is 1.51. The summed E-state index contributed by atoms with van der Waals surface area (Å²) in [4.78, 5) is 25.5. The number of hydrogen-bond donors (Lipinski definition) is 1. The summed E-state index contributed by atoms with van der Waals surface area (Å²) in [6.07, 6.45) is -0.944. The number of fused-ring (bicyclic) bond motifs is 1. The minimum absolute atomic E-state index is 0.382. The van der Waals surface area contributed by atoms with Gasteiger partial charge in [0.25, 0.3) is 5.91 Å². The van der Waals surface area contributed by atoms with Crippen LogP contribution in [0.5, 0.6) is 0 Å². The van der Waals surface area contributed by atoms with E-state index in [-0.39, 0.29) is 5.91 Å². The van der Waals surface area contributed by atoms with Gasteiger partial charge >= 0.3 is 5.97 Å². The maximum atomic E-state index is 12.7. The molecule has 1 amide bonds. The number of carbonyl (C=O) groups excluding carboxylic acids is 2. The molecule has 0 aliphatic rings. The molecule has 4 nitrogen and oxygen atoms in total. The van der Waals surface area contributed by atoms with Crippen molar-refractivity contribution < 1.29 is 14.3 Å². The van der Waals surface area contributed by atoms with Crippen LogP contribution in [-0.2, 0) is 9.53 Å². The van der Waals surface area contributed by atoms with Crippen molar-refractivity contribution in [2.24, 2.45) is 0 Å². The second-order valence-corrected chi connectivity index (χ2v) is 6.98. The van der Waals surface area contributed by atoms with Crippen LogP contribution >= 0.6 is 0 Å². The van der Waals surface area contributed by atoms with Gasteiger partial charge < -0.3 is 10.1 Å². The lowest BCUT2D eigenvalue weighted by molar-refractivity contribution is -0.123. The van der Waals surface area contributed by atoms with Gasteiger partial charge in [0.1, 0.15) is 0 Å². The molecule has 0 fully saturated rings. The Kier molecular flexibility index (Phi) is 5.57. The Morgan fingerprint density at radius 2 is 1.43 bits per heavy atom. The molecule has 30 heavy (non-hydrogen) atoms. The number of carbonyl (C=O) groups is 2. The van der Waals surface area contributed by atoms with Crippen molar-refractivity contribution in [3.63, 3.8) is 0 Å². The van der Waals surface area contributed by atoms with Crippen LogP contribution in [0.1, 0.15) is 17.3 Å². The van der Waals surface area contributed by atoms with Gasteiger partial charge in [-0.3, -0.25) is 4.79 Å². The van der Waals surface area contributed by atoms with Crippen molar-refractivity contribution in [1.29, 1.82) is 0 Å². The molecule has 1 atom stereocenters. The van der Waals surface area contributed by atoms with Crippen molar-refractivity contribution in [3.8, 4) is 11.1 Å². The average molecular weight is 395 g/mol. The number of amides is 1. The third kappa shape index (κ3) is 4.08. The van der Waals surface area contributed by atoms with Gasteiger partial charge in [-0.1, -0.05) is 84.9 Å². The Bertz CT molecular complexity index is 1200. The summed E-state index contributed by atoms with van der Waals surface area (Å²) in [5, 5.41) is 4.63. The Morgan fingerprint density at radius 3 is 2.27 bits per heavy atom. The summed E-state index contributed by atoms with van der Waals surface area (Å²) in [6.45, 7) is 1.57. The van der Waals surface area contributed by atoms with Crippen LogP contribution in [0.3, 0.4) is 0 Å². The molecule has 4 rings (SSSR count). The summed E-state index contributed by atoms with van der Waals surface area (Å²) in [6, 6.07) is 30.4. The predicted molar refractivity (Wildman–Crippen MR) is 119 cm³/mol. The fourth-order valence-corrected chi connectivity index (χ4v) is 3.38. The van der Waals surface area contributed by atoms with Gasteiger partial charge in [0.15, 0.2) is 6.10 Å². The smallest absolute Gasteiger partial charge is 0.339 e. The van der Waals surface area contributed by atoms with E-state index < -0.39 is 12.1 Å². The maximum absolute atomic E-state index is 12.7. The number of hydrogen-bond acceptors (Lipinski definition) is 3. The monoisotopic (exact) mass is 395 g/mol. The van der Waals surface area contributed by atoms with Crippen molar-refractivity contribution in [2.45, 2.75) is 13.0 Å². The quantitative estimate of drug-likeness (QED) is 0.442. The number of rotatable bonds is 5. The first-order valence-corrected chi connectivity index (χ1v) is 9.77. The second kappa shape index (κ2) is 8.62. The van der Waals surface area contributed by atoms with E-state index in [9.17, 15) is 9.59 Å². The molecule has 0 heterocycles. The molecule has 0 saturated heterocycles. The molecule has 148 valence electrons. The second-order valence-electron chi connectivity index (χ2n) is 6.98. The number of anilines is 1. The number of para-hydroxylation sites is 1. The summed E-state index contributed by atoms with van der Waals surface area (Å²) in [7, 11) is 0.